The fourth-order valence-electron chi connectivity index (χ4n) is 3.38. The van der Waals surface area contributed by atoms with Crippen molar-refractivity contribution in [2.24, 2.45) is 11.8 Å². The monoisotopic (exact) mass is 398 g/mol. The maximum absolute atomic E-state index is 13.0. The number of carbonyl (C=O) groups excluding carboxylic acids is 2. The van der Waals surface area contributed by atoms with E-state index in [2.05, 4.69) is 9.88 Å². The first-order valence-electron chi connectivity index (χ1n) is 9.03. The molecule has 27 heavy (non-hydrogen) atoms. The Bertz CT molecular complexity index is 655. The lowest BCUT2D eigenvalue weighted by Crippen LogP contribution is -2.57. The van der Waals surface area contributed by atoms with Gasteiger partial charge in [0.15, 0.2) is 0 Å². The summed E-state index contributed by atoms with van der Waals surface area (Å²) in [4.78, 5) is 32.8. The Morgan fingerprint density at radius 2 is 2.07 bits per heavy atom. The molecule has 0 radical (unpaired) electrons. The first-order valence-corrected chi connectivity index (χ1v) is 9.41. The molecule has 3 N–H and O–H groups in total. The van der Waals surface area contributed by atoms with Crippen LogP contribution >= 0.6 is 11.6 Å². The molecule has 2 amide bonds. The minimum atomic E-state index is -1.59. The van der Waals surface area contributed by atoms with E-state index in [-0.39, 0.29) is 17.9 Å². The van der Waals surface area contributed by atoms with E-state index in [0.717, 1.165) is 5.82 Å². The number of aliphatic hydroxyl groups excluding tert-OH is 1. The molecule has 1 saturated heterocycles. The Kier molecular flexibility index (Phi) is 7.41. The van der Waals surface area contributed by atoms with Crippen LogP contribution in [0.5, 0.6) is 0 Å². The smallest absolute Gasteiger partial charge is 0.272 e. The Balaban J connectivity index is 2.10. The van der Waals surface area contributed by atoms with Crippen LogP contribution in [0.15, 0.2) is 18.3 Å². The number of carbonyl (C=O) groups is 2. The lowest BCUT2D eigenvalue weighted by molar-refractivity contribution is -0.152. The number of aliphatic hydroxyl groups is 1. The second-order valence-corrected chi connectivity index (χ2v) is 7.75. The number of nitrogens with zero attached hydrogens (tertiary/aromatic N) is 3. The number of hydrogen-bond donors (Lipinski definition) is 3. The zero-order valence-corrected chi connectivity index (χ0v) is 16.6. The number of nitrogens with one attached hydrogen (secondary N) is 1. The van der Waals surface area contributed by atoms with Gasteiger partial charge in [0, 0.05) is 31.9 Å². The highest BCUT2D eigenvalue weighted by Gasteiger charge is 2.38. The quantitative estimate of drug-likeness (QED) is 0.492. The molecule has 0 aromatic carbocycles. The predicted molar refractivity (Wildman–Crippen MR) is 102 cm³/mol. The summed E-state index contributed by atoms with van der Waals surface area (Å²) < 4.78 is 0. The maximum atomic E-state index is 13.0. The number of rotatable bonds is 6. The second kappa shape index (κ2) is 9.34. The lowest BCUT2D eigenvalue weighted by atomic mass is 9.89. The molecule has 0 spiro atoms. The van der Waals surface area contributed by atoms with Gasteiger partial charge in [-0.1, -0.05) is 25.4 Å². The van der Waals surface area contributed by atoms with E-state index in [9.17, 15) is 14.7 Å². The summed E-state index contributed by atoms with van der Waals surface area (Å²) in [6, 6.07) is 3.49. The molecule has 1 aliphatic rings. The molecule has 0 aliphatic carbocycles. The summed E-state index contributed by atoms with van der Waals surface area (Å²) in [5, 5.41) is 19.6. The fraction of sp³-hybridized carbons (Fsp3) is 0.611. The third-order valence-electron chi connectivity index (χ3n) is 4.75. The van der Waals surface area contributed by atoms with E-state index < -0.39 is 17.9 Å². The molecule has 9 heteroatoms. The van der Waals surface area contributed by atoms with E-state index in [0.29, 0.717) is 31.1 Å². The van der Waals surface area contributed by atoms with Crippen molar-refractivity contribution in [2.45, 2.75) is 39.3 Å². The van der Waals surface area contributed by atoms with Crippen LogP contribution in [0, 0.1) is 11.8 Å². The van der Waals surface area contributed by atoms with Gasteiger partial charge in [0.2, 0.25) is 5.91 Å². The molecule has 1 fully saturated rings. The van der Waals surface area contributed by atoms with Gasteiger partial charge in [0.1, 0.15) is 11.9 Å². The summed E-state index contributed by atoms with van der Waals surface area (Å²) in [6.07, 6.45) is 0.341. The Hall–Kier alpha value is -1.90. The van der Waals surface area contributed by atoms with Gasteiger partial charge in [-0.25, -0.2) is 10.5 Å². The van der Waals surface area contributed by atoms with Crippen molar-refractivity contribution in [1.29, 1.82) is 0 Å². The van der Waals surface area contributed by atoms with E-state index in [1.807, 2.05) is 26.8 Å². The molecule has 3 atom stereocenters. The Labute approximate surface area is 164 Å². The minimum absolute atomic E-state index is 0.106. The summed E-state index contributed by atoms with van der Waals surface area (Å²) in [6.45, 7) is 7.37. The van der Waals surface area contributed by atoms with Crippen LogP contribution in [0.3, 0.4) is 0 Å². The van der Waals surface area contributed by atoms with Crippen molar-refractivity contribution in [2.75, 3.05) is 24.5 Å². The molecule has 1 aromatic rings. The first kappa shape index (κ1) is 21.4. The zero-order chi connectivity index (χ0) is 20.1. The molecule has 2 rings (SSSR count). The largest absolute Gasteiger partial charge is 0.382 e. The van der Waals surface area contributed by atoms with E-state index in [1.54, 1.807) is 17.2 Å². The van der Waals surface area contributed by atoms with E-state index >= 15 is 0 Å². The highest BCUT2D eigenvalue weighted by Crippen LogP contribution is 2.24. The van der Waals surface area contributed by atoms with Crippen LogP contribution in [0.4, 0.5) is 5.82 Å². The highest BCUT2D eigenvalue weighted by molar-refractivity contribution is 6.30. The van der Waals surface area contributed by atoms with Crippen LogP contribution in [-0.4, -0.2) is 63.8 Å². The summed E-state index contributed by atoms with van der Waals surface area (Å²) in [5.74, 6) is -1.26. The third-order valence-corrected chi connectivity index (χ3v) is 4.97. The van der Waals surface area contributed by atoms with Crippen molar-refractivity contribution in [3.8, 4) is 0 Å². The average Bonchev–Trinajstić information content (AvgIpc) is 2.64. The lowest BCUT2D eigenvalue weighted by Gasteiger charge is -2.42. The number of hydroxylamine groups is 1. The fourth-order valence-corrected chi connectivity index (χ4v) is 3.49. The predicted octanol–water partition coefficient (Wildman–Crippen LogP) is 1.30. The van der Waals surface area contributed by atoms with E-state index in [4.69, 9.17) is 16.8 Å². The van der Waals surface area contributed by atoms with Gasteiger partial charge in [0.25, 0.3) is 5.91 Å². The first-order chi connectivity index (χ1) is 12.7. The van der Waals surface area contributed by atoms with Crippen LogP contribution in [-0.2, 0) is 9.59 Å². The van der Waals surface area contributed by atoms with Crippen LogP contribution in [0.25, 0.3) is 0 Å². The molecule has 150 valence electrons. The van der Waals surface area contributed by atoms with Gasteiger partial charge in [-0.05, 0) is 31.4 Å². The Morgan fingerprint density at radius 3 is 2.59 bits per heavy atom. The van der Waals surface area contributed by atoms with Crippen molar-refractivity contribution < 1.29 is 19.9 Å². The van der Waals surface area contributed by atoms with Crippen LogP contribution in [0.2, 0.25) is 5.02 Å². The molecule has 1 aliphatic heterocycles. The number of anilines is 1. The normalized spacial score (nSPS) is 19.7. The second-order valence-electron chi connectivity index (χ2n) is 7.32. The number of aromatic nitrogens is 1. The number of piperazine rings is 1. The number of hydrogen-bond acceptors (Lipinski definition) is 6. The number of amides is 2. The zero-order valence-electron chi connectivity index (χ0n) is 15.8. The molecule has 1 unspecified atom stereocenters. The SMILES string of the molecule is CC(C)C[C@H](C(=O)N1CCN(c2ccc(Cl)cn2)CC1C)[C@H](O)C(=O)NO. The summed E-state index contributed by atoms with van der Waals surface area (Å²) in [7, 11) is 0. The van der Waals surface area contributed by atoms with E-state index in [1.165, 1.54) is 5.48 Å². The molecule has 2 heterocycles. The maximum Gasteiger partial charge on any atom is 0.272 e. The average molecular weight is 399 g/mol. The molecule has 0 saturated carbocycles. The van der Waals surface area contributed by atoms with Crippen molar-refractivity contribution in [3.63, 3.8) is 0 Å². The standard InChI is InChI=1S/C18H27ClN4O4/c1-11(2)8-14(16(24)17(25)21-27)18(26)23-7-6-22(10-12(23)3)15-5-4-13(19)9-20-15/h4-5,9,11-12,14,16,24,27H,6-8,10H2,1-3H3,(H,21,25)/t12?,14-,16-/m0/s1. The third kappa shape index (κ3) is 5.31. The van der Waals surface area contributed by atoms with Gasteiger partial charge >= 0.3 is 0 Å². The molecular formula is C18H27ClN4O4. The minimum Gasteiger partial charge on any atom is -0.382 e. The highest BCUT2D eigenvalue weighted by atomic mass is 35.5. The van der Waals surface area contributed by atoms with Crippen LogP contribution in [0.1, 0.15) is 27.2 Å². The van der Waals surface area contributed by atoms with Crippen LogP contribution < -0.4 is 10.4 Å². The summed E-state index contributed by atoms with van der Waals surface area (Å²) in [5.41, 5.74) is 1.43. The van der Waals surface area contributed by atoms with Crippen molar-refractivity contribution >= 4 is 29.2 Å². The van der Waals surface area contributed by atoms with Gasteiger partial charge in [0.05, 0.1) is 10.9 Å². The number of halogens is 1. The van der Waals surface area contributed by atoms with Crippen molar-refractivity contribution in [3.05, 3.63) is 23.4 Å². The summed E-state index contributed by atoms with van der Waals surface area (Å²) >= 11 is 5.88. The van der Waals surface area contributed by atoms with Gasteiger partial charge in [-0.15, -0.1) is 0 Å². The van der Waals surface area contributed by atoms with Crippen molar-refractivity contribution in [1.82, 2.24) is 15.4 Å². The van der Waals surface area contributed by atoms with Gasteiger partial charge in [-0.3, -0.25) is 14.8 Å². The van der Waals surface area contributed by atoms with Gasteiger partial charge < -0.3 is 14.9 Å². The molecule has 8 nitrogen and oxygen atoms in total. The van der Waals surface area contributed by atoms with Gasteiger partial charge in [-0.2, -0.15) is 0 Å². The molecule has 0 bridgehead atoms. The number of pyridine rings is 1. The topological polar surface area (TPSA) is 106 Å². The molecular weight excluding hydrogens is 372 g/mol. The Morgan fingerprint density at radius 1 is 1.37 bits per heavy atom. The molecule has 1 aromatic heterocycles.